The van der Waals surface area contributed by atoms with E-state index in [0.717, 1.165) is 0 Å². The quantitative estimate of drug-likeness (QED) is 0.128. The van der Waals surface area contributed by atoms with Crippen LogP contribution >= 0.6 is 0 Å². The van der Waals surface area contributed by atoms with E-state index in [1.165, 1.54) is 0 Å². The molecule has 12 N–H and O–H groups in total. The number of hydrogen-bond acceptors (Lipinski definition) is 15. The Balaban J connectivity index is 2.36. The highest BCUT2D eigenvalue weighted by molar-refractivity contribution is 5.76. The molecule has 0 amide bonds. The van der Waals surface area contributed by atoms with Crippen molar-refractivity contribution in [3.05, 3.63) is 0 Å². The lowest BCUT2D eigenvalue weighted by Gasteiger charge is -2.47. The fourth-order valence-electron chi connectivity index (χ4n) is 3.86. The van der Waals surface area contributed by atoms with Crippen molar-refractivity contribution >= 4 is 11.9 Å². The van der Waals surface area contributed by atoms with Gasteiger partial charge >= 0.3 is 11.9 Å². The van der Waals surface area contributed by atoms with E-state index in [-0.39, 0.29) is 0 Å². The molecule has 2 aliphatic heterocycles. The van der Waals surface area contributed by atoms with Crippen molar-refractivity contribution in [1.29, 1.82) is 0 Å². The molecule has 12 atom stereocenters. The molecule has 0 aromatic heterocycles. The number of hydrogen-bond donors (Lipinski definition) is 12. The van der Waals surface area contributed by atoms with E-state index in [4.69, 9.17) is 24.4 Å². The van der Waals surface area contributed by atoms with Crippen molar-refractivity contribution in [1.82, 2.24) is 0 Å². The number of aliphatic hydroxyl groups excluding tert-OH is 9. The first-order valence-electron chi connectivity index (χ1n) is 10.3. The predicted molar refractivity (Wildman–Crippen MR) is 103 cm³/mol. The van der Waals surface area contributed by atoms with E-state index in [1.807, 2.05) is 0 Å². The maximum Gasteiger partial charge on any atom is 0.364 e. The summed E-state index contributed by atoms with van der Waals surface area (Å²) in [6.45, 7) is -2.30. The topological polar surface area (TPSA) is 305 Å². The Morgan fingerprint density at radius 3 is 1.80 bits per heavy atom. The SMILES string of the molecule is O=C(O)[C@@]1(O[C@H](CO)[C@@H](O)[C@@H]2O[C@@](O)(C(=O)O)C[C@H](O)[C@H]2O)C[C@H](O)[C@@H](O)[C@H]([C@H](O)[C@H](O)CO)O1. The van der Waals surface area contributed by atoms with Crippen molar-refractivity contribution < 1.29 is 85.1 Å². The van der Waals surface area contributed by atoms with Crippen molar-refractivity contribution in [3.8, 4) is 0 Å². The van der Waals surface area contributed by atoms with Gasteiger partial charge < -0.3 is 75.5 Å². The lowest BCUT2D eigenvalue weighted by atomic mass is 9.89. The number of rotatable bonds is 10. The first-order chi connectivity index (χ1) is 16.1. The summed E-state index contributed by atoms with van der Waals surface area (Å²) in [6.07, 6.45) is -22.8. The Kier molecular flexibility index (Phi) is 9.50. The molecular formula is C18H30O17. The summed E-state index contributed by atoms with van der Waals surface area (Å²) in [7, 11) is 0. The standard InChI is InChI=1S/C18H30O17/c19-3-7(23)11(26)13-10(25)6(22)2-18(35-13,16(30)31)33-8(4-20)12(27)14-9(24)5(21)1-17(32,34-14)15(28)29/h5-14,19-27,32H,1-4H2,(H,28,29)(H,30,31)/t5-,6-,7+,8+,9+,10+,11+,12+,13+,14+,17+,18+/m0/s1. The van der Waals surface area contributed by atoms with Gasteiger partial charge in [0.15, 0.2) is 0 Å². The maximum absolute atomic E-state index is 12.1. The maximum atomic E-state index is 12.1. The first-order valence-corrected chi connectivity index (χ1v) is 10.3. The van der Waals surface area contributed by atoms with Crippen LogP contribution in [0.1, 0.15) is 12.8 Å². The molecule has 2 saturated heterocycles. The van der Waals surface area contributed by atoms with Crippen LogP contribution in [0.15, 0.2) is 0 Å². The van der Waals surface area contributed by atoms with Crippen LogP contribution in [0.5, 0.6) is 0 Å². The molecule has 17 nitrogen and oxygen atoms in total. The summed E-state index contributed by atoms with van der Waals surface area (Å²) >= 11 is 0. The average molecular weight is 518 g/mol. The van der Waals surface area contributed by atoms with Crippen molar-refractivity contribution in [2.45, 2.75) is 85.5 Å². The Morgan fingerprint density at radius 2 is 1.34 bits per heavy atom. The third kappa shape index (κ3) is 5.88. The molecule has 2 fully saturated rings. The van der Waals surface area contributed by atoms with Crippen LogP contribution in [-0.2, 0) is 23.8 Å². The van der Waals surface area contributed by atoms with E-state index >= 15 is 0 Å². The monoisotopic (exact) mass is 518 g/mol. The zero-order chi connectivity index (χ0) is 26.9. The zero-order valence-corrected chi connectivity index (χ0v) is 18.0. The van der Waals surface area contributed by atoms with Crippen LogP contribution in [0.4, 0.5) is 0 Å². The molecule has 204 valence electrons. The van der Waals surface area contributed by atoms with Gasteiger partial charge in [0.05, 0.1) is 25.4 Å². The molecule has 0 spiro atoms. The Labute approximate surface area is 196 Å². The summed E-state index contributed by atoms with van der Waals surface area (Å²) in [4.78, 5) is 23.4. The fraction of sp³-hybridized carbons (Fsp3) is 0.889. The second-order valence-electron chi connectivity index (χ2n) is 8.41. The summed E-state index contributed by atoms with van der Waals surface area (Å²) in [5, 5.41) is 118. The van der Waals surface area contributed by atoms with Crippen molar-refractivity contribution in [3.63, 3.8) is 0 Å². The number of aliphatic hydroxyl groups is 10. The molecule has 0 aromatic rings. The summed E-state index contributed by atoms with van der Waals surface area (Å²) in [5.74, 6) is -10.1. The Hall–Kier alpha value is -1.58. The van der Waals surface area contributed by atoms with Gasteiger partial charge in [-0.1, -0.05) is 0 Å². The van der Waals surface area contributed by atoms with E-state index in [2.05, 4.69) is 0 Å². The molecule has 0 bridgehead atoms. The highest BCUT2D eigenvalue weighted by Crippen LogP contribution is 2.36. The molecule has 2 rings (SSSR count). The molecule has 2 aliphatic rings. The highest BCUT2D eigenvalue weighted by Gasteiger charge is 2.58. The van der Waals surface area contributed by atoms with Gasteiger partial charge in [0.1, 0.15) is 48.8 Å². The lowest BCUT2D eigenvalue weighted by Crippen LogP contribution is -2.67. The van der Waals surface area contributed by atoms with Crippen LogP contribution in [0.25, 0.3) is 0 Å². The number of ether oxygens (including phenoxy) is 3. The van der Waals surface area contributed by atoms with E-state index in [1.54, 1.807) is 0 Å². The number of aliphatic carboxylic acids is 2. The minimum atomic E-state index is -3.08. The molecule has 0 aliphatic carbocycles. The fourth-order valence-corrected chi connectivity index (χ4v) is 3.86. The van der Waals surface area contributed by atoms with Gasteiger partial charge in [-0.05, 0) is 0 Å². The van der Waals surface area contributed by atoms with E-state index in [0.29, 0.717) is 0 Å². The molecule has 0 saturated carbocycles. The highest BCUT2D eigenvalue weighted by atomic mass is 16.7. The third-order valence-electron chi connectivity index (χ3n) is 5.90. The van der Waals surface area contributed by atoms with Gasteiger partial charge in [-0.3, -0.25) is 0 Å². The van der Waals surface area contributed by atoms with Crippen LogP contribution in [0.2, 0.25) is 0 Å². The van der Waals surface area contributed by atoms with Crippen LogP contribution in [0.3, 0.4) is 0 Å². The normalized spacial score (nSPS) is 41.5. The van der Waals surface area contributed by atoms with Gasteiger partial charge in [-0.15, -0.1) is 0 Å². The Morgan fingerprint density at radius 1 is 0.829 bits per heavy atom. The van der Waals surface area contributed by atoms with Gasteiger partial charge in [-0.2, -0.15) is 0 Å². The molecule has 17 heteroatoms. The van der Waals surface area contributed by atoms with E-state index < -0.39 is 111 Å². The predicted octanol–water partition coefficient (Wildman–Crippen LogP) is -6.99. The molecule has 0 unspecified atom stereocenters. The minimum Gasteiger partial charge on any atom is -0.477 e. The first kappa shape index (κ1) is 29.6. The molecule has 2 heterocycles. The van der Waals surface area contributed by atoms with Crippen molar-refractivity contribution in [2.24, 2.45) is 0 Å². The van der Waals surface area contributed by atoms with Crippen molar-refractivity contribution in [2.75, 3.05) is 13.2 Å². The minimum absolute atomic E-state index is 1.00. The zero-order valence-electron chi connectivity index (χ0n) is 18.0. The summed E-state index contributed by atoms with van der Waals surface area (Å²) < 4.78 is 15.1. The molecule has 35 heavy (non-hydrogen) atoms. The summed E-state index contributed by atoms with van der Waals surface area (Å²) in [5.41, 5.74) is 0. The third-order valence-corrected chi connectivity index (χ3v) is 5.90. The smallest absolute Gasteiger partial charge is 0.364 e. The average Bonchev–Trinajstić information content (AvgIpc) is 2.80. The largest absolute Gasteiger partial charge is 0.477 e. The second kappa shape index (κ2) is 11.2. The second-order valence-corrected chi connectivity index (χ2v) is 8.41. The van der Waals surface area contributed by atoms with E-state index in [9.17, 15) is 60.7 Å². The summed E-state index contributed by atoms with van der Waals surface area (Å²) in [6, 6.07) is 0. The molecule has 0 radical (unpaired) electrons. The van der Waals surface area contributed by atoms with Gasteiger partial charge in [-0.25, -0.2) is 9.59 Å². The Bertz CT molecular complexity index is 751. The van der Waals surface area contributed by atoms with Crippen LogP contribution in [0, 0.1) is 0 Å². The van der Waals surface area contributed by atoms with Gasteiger partial charge in [0.25, 0.3) is 11.6 Å². The van der Waals surface area contributed by atoms with Crippen LogP contribution < -0.4 is 0 Å². The number of carboxylic acid groups (broad SMARTS) is 2. The molecular weight excluding hydrogens is 488 g/mol. The number of carbonyl (C=O) groups is 2. The van der Waals surface area contributed by atoms with Gasteiger partial charge in [0.2, 0.25) is 0 Å². The van der Waals surface area contributed by atoms with Gasteiger partial charge in [0, 0.05) is 12.8 Å². The lowest BCUT2D eigenvalue weighted by molar-refractivity contribution is -0.356. The van der Waals surface area contributed by atoms with Crippen LogP contribution in [-0.4, -0.2) is 159 Å². The molecule has 0 aromatic carbocycles. The number of carboxylic acids is 2.